The summed E-state index contributed by atoms with van der Waals surface area (Å²) in [6, 6.07) is 21.6. The standard InChI is InChI=1S/C27H30Cl2N4O4S/c1-30-27(35)25(17-20-11-6-4-7-12-20)32(18-22-23(28)15-10-16-24(22)29)26(34)19-33(38(36,37)31(2)3)21-13-8-5-9-14-21/h4-16,25H,17-19H2,1-3H3,(H,30,35)/t25-/m1/s1. The van der Waals surface area contributed by atoms with Gasteiger partial charge in [0.05, 0.1) is 5.69 Å². The maximum atomic E-state index is 14.0. The summed E-state index contributed by atoms with van der Waals surface area (Å²) in [6.07, 6.45) is 0.195. The van der Waals surface area contributed by atoms with E-state index in [4.69, 9.17) is 23.2 Å². The molecule has 0 spiro atoms. The first kappa shape index (κ1) is 29.4. The van der Waals surface area contributed by atoms with E-state index in [1.165, 1.54) is 26.0 Å². The van der Waals surface area contributed by atoms with Crippen molar-refractivity contribution in [2.24, 2.45) is 0 Å². The Morgan fingerprint density at radius 3 is 1.95 bits per heavy atom. The largest absolute Gasteiger partial charge is 0.357 e. The summed E-state index contributed by atoms with van der Waals surface area (Å²) in [4.78, 5) is 28.5. The molecule has 0 aliphatic carbocycles. The summed E-state index contributed by atoms with van der Waals surface area (Å²) in [5.74, 6) is -1.01. The van der Waals surface area contributed by atoms with Gasteiger partial charge in [0.2, 0.25) is 11.8 Å². The molecule has 1 N–H and O–H groups in total. The third-order valence-corrected chi connectivity index (χ3v) is 8.50. The van der Waals surface area contributed by atoms with Crippen LogP contribution in [0.4, 0.5) is 5.69 Å². The van der Waals surface area contributed by atoms with Crippen molar-refractivity contribution in [1.29, 1.82) is 0 Å². The summed E-state index contributed by atoms with van der Waals surface area (Å²) < 4.78 is 28.6. The molecule has 8 nitrogen and oxygen atoms in total. The molecular formula is C27H30Cl2N4O4S. The number of benzene rings is 3. The molecule has 3 aromatic rings. The first-order valence-electron chi connectivity index (χ1n) is 11.8. The number of likely N-dealkylation sites (N-methyl/N-ethyl adjacent to an activating group) is 1. The first-order chi connectivity index (χ1) is 18.1. The number of halogens is 2. The second kappa shape index (κ2) is 13.1. The van der Waals surface area contributed by atoms with Gasteiger partial charge in [-0.05, 0) is 29.8 Å². The summed E-state index contributed by atoms with van der Waals surface area (Å²) in [7, 11) is 0.208. The Labute approximate surface area is 233 Å². The lowest BCUT2D eigenvalue weighted by atomic mass is 10.0. The summed E-state index contributed by atoms with van der Waals surface area (Å²) in [5, 5.41) is 3.28. The molecule has 0 aliphatic rings. The number of nitrogens with zero attached hydrogens (tertiary/aromatic N) is 3. The number of para-hydroxylation sites is 1. The van der Waals surface area contributed by atoms with Crippen molar-refractivity contribution in [2.75, 3.05) is 32.0 Å². The van der Waals surface area contributed by atoms with Crippen LogP contribution in [0.1, 0.15) is 11.1 Å². The SMILES string of the molecule is CNC(=O)[C@@H](Cc1ccccc1)N(Cc1c(Cl)cccc1Cl)C(=O)CN(c1ccccc1)S(=O)(=O)N(C)C. The fourth-order valence-corrected chi connectivity index (χ4v) is 5.46. The van der Waals surface area contributed by atoms with Crippen molar-refractivity contribution >= 4 is 50.9 Å². The van der Waals surface area contributed by atoms with E-state index in [9.17, 15) is 18.0 Å². The number of anilines is 1. The van der Waals surface area contributed by atoms with E-state index in [1.54, 1.807) is 48.5 Å². The molecule has 202 valence electrons. The molecule has 11 heteroatoms. The van der Waals surface area contributed by atoms with Crippen LogP contribution in [-0.2, 0) is 32.8 Å². The van der Waals surface area contributed by atoms with Crippen molar-refractivity contribution in [1.82, 2.24) is 14.5 Å². The van der Waals surface area contributed by atoms with Gasteiger partial charge in [-0.15, -0.1) is 0 Å². The summed E-state index contributed by atoms with van der Waals surface area (Å²) in [6.45, 7) is -0.651. The Bertz CT molecular complexity index is 1340. The number of hydrogen-bond acceptors (Lipinski definition) is 4. The van der Waals surface area contributed by atoms with Crippen molar-refractivity contribution in [3.05, 3.63) is 100 Å². The third kappa shape index (κ3) is 7.05. The average molecular weight is 578 g/mol. The van der Waals surface area contributed by atoms with Crippen molar-refractivity contribution in [3.63, 3.8) is 0 Å². The Morgan fingerprint density at radius 2 is 1.42 bits per heavy atom. The molecule has 0 aromatic heterocycles. The van der Waals surface area contributed by atoms with Gasteiger partial charge in [0.25, 0.3) is 0 Å². The van der Waals surface area contributed by atoms with Gasteiger partial charge in [0.15, 0.2) is 0 Å². The Hall–Kier alpha value is -3.11. The molecule has 0 aliphatic heterocycles. The van der Waals surface area contributed by atoms with Crippen LogP contribution in [0.2, 0.25) is 10.0 Å². The Morgan fingerprint density at radius 1 is 0.868 bits per heavy atom. The van der Waals surface area contributed by atoms with Gasteiger partial charge in [-0.25, -0.2) is 4.31 Å². The normalized spacial score (nSPS) is 12.2. The van der Waals surface area contributed by atoms with Crippen LogP contribution in [0, 0.1) is 0 Å². The van der Waals surface area contributed by atoms with Crippen molar-refractivity contribution in [3.8, 4) is 0 Å². The Balaban J connectivity index is 2.09. The van der Waals surface area contributed by atoms with Crippen LogP contribution >= 0.6 is 23.2 Å². The van der Waals surface area contributed by atoms with E-state index in [-0.39, 0.29) is 13.0 Å². The highest BCUT2D eigenvalue weighted by Gasteiger charge is 2.34. The van der Waals surface area contributed by atoms with E-state index in [1.807, 2.05) is 30.3 Å². The molecule has 0 saturated carbocycles. The molecule has 1 atom stereocenters. The quantitative estimate of drug-likeness (QED) is 0.373. The monoisotopic (exact) mass is 576 g/mol. The lowest BCUT2D eigenvalue weighted by Crippen LogP contribution is -2.53. The van der Waals surface area contributed by atoms with Gasteiger partial charge in [-0.3, -0.25) is 9.59 Å². The fraction of sp³-hybridized carbons (Fsp3) is 0.259. The predicted octanol–water partition coefficient (Wildman–Crippen LogP) is 3.99. The molecule has 2 amide bonds. The molecule has 38 heavy (non-hydrogen) atoms. The van der Waals surface area contributed by atoms with Crippen LogP contribution in [0.5, 0.6) is 0 Å². The third-order valence-electron chi connectivity index (χ3n) is 5.97. The number of rotatable bonds is 11. The maximum Gasteiger partial charge on any atom is 0.304 e. The van der Waals surface area contributed by atoms with E-state index < -0.39 is 34.6 Å². The lowest BCUT2D eigenvalue weighted by Gasteiger charge is -2.34. The van der Waals surface area contributed by atoms with Crippen LogP contribution in [-0.4, -0.2) is 63.2 Å². The van der Waals surface area contributed by atoms with Crippen molar-refractivity contribution < 1.29 is 18.0 Å². The highest BCUT2D eigenvalue weighted by Crippen LogP contribution is 2.28. The molecule has 3 rings (SSSR count). The van der Waals surface area contributed by atoms with E-state index in [2.05, 4.69) is 5.32 Å². The minimum absolute atomic E-state index is 0.104. The average Bonchev–Trinajstić information content (AvgIpc) is 2.91. The van der Waals surface area contributed by atoms with Gasteiger partial charge in [0, 0.05) is 49.7 Å². The summed E-state index contributed by atoms with van der Waals surface area (Å²) in [5.41, 5.74) is 1.59. The number of carbonyl (C=O) groups is 2. The van der Waals surface area contributed by atoms with Crippen LogP contribution in [0.15, 0.2) is 78.9 Å². The molecule has 0 saturated heterocycles. The Kier molecular flexibility index (Phi) is 10.2. The zero-order valence-electron chi connectivity index (χ0n) is 21.3. The highest BCUT2D eigenvalue weighted by atomic mass is 35.5. The number of nitrogens with one attached hydrogen (secondary N) is 1. The molecule has 0 fully saturated rings. The first-order valence-corrected chi connectivity index (χ1v) is 13.9. The molecular weight excluding hydrogens is 547 g/mol. The van der Waals surface area contributed by atoms with E-state index >= 15 is 0 Å². The minimum atomic E-state index is -4.05. The van der Waals surface area contributed by atoms with Gasteiger partial charge in [0.1, 0.15) is 12.6 Å². The van der Waals surface area contributed by atoms with Crippen LogP contribution in [0.25, 0.3) is 0 Å². The molecule has 0 unspecified atom stereocenters. The van der Waals surface area contributed by atoms with Gasteiger partial charge >= 0.3 is 10.2 Å². The molecule has 0 radical (unpaired) electrons. The van der Waals surface area contributed by atoms with Gasteiger partial charge in [-0.1, -0.05) is 77.8 Å². The number of hydrogen-bond donors (Lipinski definition) is 1. The summed E-state index contributed by atoms with van der Waals surface area (Å²) >= 11 is 12.9. The molecule has 0 bridgehead atoms. The highest BCUT2D eigenvalue weighted by molar-refractivity contribution is 7.90. The smallest absolute Gasteiger partial charge is 0.304 e. The second-order valence-electron chi connectivity index (χ2n) is 8.67. The van der Waals surface area contributed by atoms with E-state index in [0.717, 1.165) is 14.2 Å². The topological polar surface area (TPSA) is 90.0 Å². The molecule has 3 aromatic carbocycles. The fourth-order valence-electron chi connectivity index (χ4n) is 3.89. The van der Waals surface area contributed by atoms with Crippen LogP contribution in [0.3, 0.4) is 0 Å². The zero-order valence-corrected chi connectivity index (χ0v) is 23.7. The van der Waals surface area contributed by atoms with Gasteiger partial charge < -0.3 is 10.2 Å². The maximum absolute atomic E-state index is 14.0. The van der Waals surface area contributed by atoms with E-state index in [0.29, 0.717) is 21.3 Å². The van der Waals surface area contributed by atoms with Gasteiger partial charge in [-0.2, -0.15) is 12.7 Å². The van der Waals surface area contributed by atoms with Crippen LogP contribution < -0.4 is 9.62 Å². The lowest BCUT2D eigenvalue weighted by molar-refractivity contribution is -0.139. The molecule has 0 heterocycles. The zero-order chi connectivity index (χ0) is 27.9. The number of carbonyl (C=O) groups excluding carboxylic acids is 2. The van der Waals surface area contributed by atoms with Crippen molar-refractivity contribution in [2.45, 2.75) is 19.0 Å². The number of amides is 2. The predicted molar refractivity (Wildman–Crippen MR) is 151 cm³/mol. The second-order valence-corrected chi connectivity index (χ2v) is 11.6. The minimum Gasteiger partial charge on any atom is -0.357 e.